The number of halogens is 3. The number of carbonyl (C=O) groups excluding carboxylic acids is 1. The second-order valence-electron chi connectivity index (χ2n) is 2.51. The highest BCUT2D eigenvalue weighted by Crippen LogP contribution is 2.38. The maximum absolute atomic E-state index is 12.5. The number of aliphatic imine (C=N–C) groups is 1. The van der Waals surface area contributed by atoms with Gasteiger partial charge in [0.1, 0.15) is 0 Å². The molecule has 0 saturated heterocycles. The van der Waals surface area contributed by atoms with Crippen LogP contribution in [0.2, 0.25) is 0 Å². The molecule has 0 aliphatic rings. The molecule has 3 nitrogen and oxygen atoms in total. The molecule has 1 aromatic rings. The summed E-state index contributed by atoms with van der Waals surface area (Å²) < 4.78 is 37.4. The van der Waals surface area contributed by atoms with E-state index in [4.69, 9.17) is 5.26 Å². The normalized spacial score (nSPS) is 10.3. The summed E-state index contributed by atoms with van der Waals surface area (Å²) in [5, 5.41) is 8.48. The van der Waals surface area contributed by atoms with Crippen molar-refractivity contribution in [3.63, 3.8) is 0 Å². The van der Waals surface area contributed by atoms with Crippen molar-refractivity contribution in [2.24, 2.45) is 4.99 Å². The van der Waals surface area contributed by atoms with Gasteiger partial charge in [-0.05, 0) is 12.1 Å². The van der Waals surface area contributed by atoms with Crippen LogP contribution in [0.25, 0.3) is 0 Å². The standard InChI is InChI=1S/C9H3F3N2O/c10-9(11,12)8-6(4-13)2-1-3-7(8)14-5-15/h1-3H. The molecule has 0 heterocycles. The molecule has 0 saturated carbocycles. The van der Waals surface area contributed by atoms with E-state index in [1.807, 2.05) is 0 Å². The summed E-state index contributed by atoms with van der Waals surface area (Å²) in [6.07, 6.45) is -3.71. The van der Waals surface area contributed by atoms with Crippen LogP contribution in [0.5, 0.6) is 0 Å². The van der Waals surface area contributed by atoms with E-state index in [-0.39, 0.29) is 0 Å². The maximum Gasteiger partial charge on any atom is 0.419 e. The second kappa shape index (κ2) is 3.95. The van der Waals surface area contributed by atoms with Gasteiger partial charge in [-0.25, -0.2) is 4.79 Å². The van der Waals surface area contributed by atoms with Crippen LogP contribution in [0.4, 0.5) is 18.9 Å². The molecule has 0 unspecified atom stereocenters. The van der Waals surface area contributed by atoms with E-state index in [1.165, 1.54) is 12.1 Å². The van der Waals surface area contributed by atoms with Crippen LogP contribution >= 0.6 is 0 Å². The minimum Gasteiger partial charge on any atom is -0.211 e. The zero-order valence-corrected chi connectivity index (χ0v) is 7.17. The summed E-state index contributed by atoms with van der Waals surface area (Å²) in [6.45, 7) is 0. The van der Waals surface area contributed by atoms with Crippen LogP contribution < -0.4 is 0 Å². The number of hydrogen-bond acceptors (Lipinski definition) is 3. The Bertz CT molecular complexity index is 467. The Morgan fingerprint density at radius 1 is 1.33 bits per heavy atom. The first-order valence-electron chi connectivity index (χ1n) is 3.69. The SMILES string of the molecule is N#Cc1cccc(N=C=O)c1C(F)(F)F. The lowest BCUT2D eigenvalue weighted by atomic mass is 10.1. The van der Waals surface area contributed by atoms with Gasteiger partial charge < -0.3 is 0 Å². The Hall–Kier alpha value is -2.12. The third kappa shape index (κ3) is 2.22. The minimum atomic E-state index is -4.72. The molecule has 0 aromatic heterocycles. The largest absolute Gasteiger partial charge is 0.419 e. The van der Waals surface area contributed by atoms with Gasteiger partial charge in [0.2, 0.25) is 6.08 Å². The number of alkyl halides is 3. The first-order valence-corrected chi connectivity index (χ1v) is 3.69. The van der Waals surface area contributed by atoms with Gasteiger partial charge in [-0.2, -0.15) is 23.4 Å². The van der Waals surface area contributed by atoms with Crippen LogP contribution in [-0.4, -0.2) is 6.08 Å². The Labute approximate surface area is 82.5 Å². The van der Waals surface area contributed by atoms with Gasteiger partial charge in [0.15, 0.2) is 0 Å². The number of nitriles is 1. The van der Waals surface area contributed by atoms with Gasteiger partial charge >= 0.3 is 6.18 Å². The topological polar surface area (TPSA) is 53.2 Å². The van der Waals surface area contributed by atoms with E-state index in [0.29, 0.717) is 0 Å². The van der Waals surface area contributed by atoms with Gasteiger partial charge in [0.25, 0.3) is 0 Å². The molecule has 0 aliphatic carbocycles. The maximum atomic E-state index is 12.5. The van der Waals surface area contributed by atoms with Crippen LogP contribution in [0.1, 0.15) is 11.1 Å². The molecule has 1 rings (SSSR count). The smallest absolute Gasteiger partial charge is 0.211 e. The van der Waals surface area contributed by atoms with Crippen molar-refractivity contribution in [1.29, 1.82) is 5.26 Å². The van der Waals surface area contributed by atoms with Crippen LogP contribution in [0.15, 0.2) is 23.2 Å². The van der Waals surface area contributed by atoms with E-state index in [9.17, 15) is 18.0 Å². The zero-order valence-electron chi connectivity index (χ0n) is 7.17. The average molecular weight is 212 g/mol. The summed E-state index contributed by atoms with van der Waals surface area (Å²) in [5.74, 6) is 0. The van der Waals surface area contributed by atoms with E-state index in [0.717, 1.165) is 18.2 Å². The van der Waals surface area contributed by atoms with Crippen molar-refractivity contribution in [2.45, 2.75) is 6.18 Å². The summed E-state index contributed by atoms with van der Waals surface area (Å²) in [7, 11) is 0. The minimum absolute atomic E-state index is 0.570. The van der Waals surface area contributed by atoms with Gasteiger partial charge in [-0.15, -0.1) is 0 Å². The van der Waals surface area contributed by atoms with Crippen molar-refractivity contribution in [2.75, 3.05) is 0 Å². The Morgan fingerprint density at radius 2 is 2.00 bits per heavy atom. The molecule has 15 heavy (non-hydrogen) atoms. The molecule has 6 heteroatoms. The predicted molar refractivity (Wildman–Crippen MR) is 43.9 cm³/mol. The Morgan fingerprint density at radius 3 is 2.47 bits per heavy atom. The number of isocyanates is 1. The molecule has 0 amide bonds. The quantitative estimate of drug-likeness (QED) is 0.530. The van der Waals surface area contributed by atoms with E-state index in [1.54, 1.807) is 0 Å². The van der Waals surface area contributed by atoms with E-state index >= 15 is 0 Å². The first-order chi connectivity index (χ1) is 7.00. The van der Waals surface area contributed by atoms with E-state index < -0.39 is 23.0 Å². The lowest BCUT2D eigenvalue weighted by Crippen LogP contribution is -2.08. The molecular formula is C9H3F3N2O. The molecule has 0 N–H and O–H groups in total. The lowest BCUT2D eigenvalue weighted by Gasteiger charge is -2.09. The van der Waals surface area contributed by atoms with Crippen molar-refractivity contribution < 1.29 is 18.0 Å². The fourth-order valence-corrected chi connectivity index (χ4v) is 1.07. The fraction of sp³-hybridized carbons (Fsp3) is 0.111. The van der Waals surface area contributed by atoms with Crippen LogP contribution in [0.3, 0.4) is 0 Å². The predicted octanol–water partition coefficient (Wildman–Crippen LogP) is 2.54. The molecule has 0 aliphatic heterocycles. The Kier molecular flexibility index (Phi) is 2.88. The molecule has 0 spiro atoms. The Balaban J connectivity index is 3.56. The van der Waals surface area contributed by atoms with Crippen LogP contribution in [0, 0.1) is 11.3 Å². The number of nitrogens with zero attached hydrogens (tertiary/aromatic N) is 2. The highest BCUT2D eigenvalue weighted by atomic mass is 19.4. The molecule has 0 bridgehead atoms. The number of rotatable bonds is 1. The molecule has 0 radical (unpaired) electrons. The van der Waals surface area contributed by atoms with Crippen molar-refractivity contribution in [1.82, 2.24) is 0 Å². The molecule has 0 fully saturated rings. The molecule has 0 atom stereocenters. The lowest BCUT2D eigenvalue weighted by molar-refractivity contribution is -0.137. The highest BCUT2D eigenvalue weighted by Gasteiger charge is 2.36. The third-order valence-electron chi connectivity index (χ3n) is 1.61. The van der Waals surface area contributed by atoms with Crippen molar-refractivity contribution in [3.05, 3.63) is 29.3 Å². The fourth-order valence-electron chi connectivity index (χ4n) is 1.07. The summed E-state index contributed by atoms with van der Waals surface area (Å²) in [6, 6.07) is 4.60. The second-order valence-corrected chi connectivity index (χ2v) is 2.51. The van der Waals surface area contributed by atoms with Gasteiger partial charge in [-0.1, -0.05) is 6.07 Å². The average Bonchev–Trinajstić information content (AvgIpc) is 2.16. The zero-order chi connectivity index (χ0) is 11.5. The molecular weight excluding hydrogens is 209 g/mol. The monoisotopic (exact) mass is 212 g/mol. The highest BCUT2D eigenvalue weighted by molar-refractivity contribution is 5.60. The molecule has 76 valence electrons. The number of hydrogen-bond donors (Lipinski definition) is 0. The van der Waals surface area contributed by atoms with Crippen molar-refractivity contribution in [3.8, 4) is 6.07 Å². The number of benzene rings is 1. The summed E-state index contributed by atoms with van der Waals surface area (Å²) >= 11 is 0. The summed E-state index contributed by atoms with van der Waals surface area (Å²) in [5.41, 5.74) is -2.38. The van der Waals surface area contributed by atoms with E-state index in [2.05, 4.69) is 4.99 Å². The molecule has 1 aromatic carbocycles. The first kappa shape index (κ1) is 11.0. The van der Waals surface area contributed by atoms with Gasteiger partial charge in [-0.3, -0.25) is 0 Å². The third-order valence-corrected chi connectivity index (χ3v) is 1.61. The van der Waals surface area contributed by atoms with Gasteiger partial charge in [0.05, 0.1) is 22.9 Å². The van der Waals surface area contributed by atoms with Gasteiger partial charge in [0, 0.05) is 0 Å². The summed E-state index contributed by atoms with van der Waals surface area (Å²) in [4.78, 5) is 12.8. The van der Waals surface area contributed by atoms with Crippen LogP contribution in [-0.2, 0) is 11.0 Å². The van der Waals surface area contributed by atoms with Crippen molar-refractivity contribution >= 4 is 11.8 Å².